The van der Waals surface area contributed by atoms with E-state index in [1.807, 2.05) is 0 Å². The van der Waals surface area contributed by atoms with Gasteiger partial charge in [0.15, 0.2) is 0 Å². The van der Waals surface area contributed by atoms with Crippen LogP contribution in [0.15, 0.2) is 48.7 Å². The minimum atomic E-state index is -4.42. The molecular formula is C22H18F3NO3. The van der Waals surface area contributed by atoms with Crippen LogP contribution in [0.3, 0.4) is 0 Å². The Morgan fingerprint density at radius 2 is 1.62 bits per heavy atom. The second-order valence-electron chi connectivity index (χ2n) is 6.64. The molecule has 0 aliphatic carbocycles. The highest BCUT2D eigenvalue weighted by molar-refractivity contribution is 5.89. The van der Waals surface area contributed by atoms with E-state index in [4.69, 9.17) is 9.84 Å². The second kappa shape index (κ2) is 7.58. The topological polar surface area (TPSA) is 59.4 Å². The maximum absolute atomic E-state index is 13.0. The summed E-state index contributed by atoms with van der Waals surface area (Å²) in [5, 5.41) is 9.13. The molecule has 3 aromatic rings. The monoisotopic (exact) mass is 401 g/mol. The van der Waals surface area contributed by atoms with Crippen LogP contribution < -0.4 is 4.74 Å². The average Bonchev–Trinajstić information content (AvgIpc) is 2.66. The summed E-state index contributed by atoms with van der Waals surface area (Å²) in [7, 11) is 1.44. The highest BCUT2D eigenvalue weighted by Gasteiger charge is 2.31. The number of benzene rings is 2. The Kier molecular flexibility index (Phi) is 5.33. The highest BCUT2D eigenvalue weighted by atomic mass is 19.4. The molecule has 0 aliphatic heterocycles. The van der Waals surface area contributed by atoms with Gasteiger partial charge in [-0.3, -0.25) is 0 Å². The number of carboxylic acid groups (broad SMARTS) is 1. The second-order valence-corrected chi connectivity index (χ2v) is 6.64. The molecule has 0 spiro atoms. The van der Waals surface area contributed by atoms with E-state index in [1.54, 1.807) is 38.2 Å². The third kappa shape index (κ3) is 4.08. The smallest absolute Gasteiger partial charge is 0.416 e. The first kappa shape index (κ1) is 20.4. The molecule has 0 atom stereocenters. The molecule has 4 nitrogen and oxygen atoms in total. The number of hydrogen-bond acceptors (Lipinski definition) is 3. The van der Waals surface area contributed by atoms with Crippen molar-refractivity contribution in [3.8, 4) is 28.1 Å². The molecule has 0 radical (unpaired) electrons. The van der Waals surface area contributed by atoms with Gasteiger partial charge in [-0.25, -0.2) is 9.78 Å². The number of methoxy groups -OCH3 is 1. The number of hydrogen-bond donors (Lipinski definition) is 1. The molecule has 0 saturated heterocycles. The Morgan fingerprint density at radius 1 is 0.966 bits per heavy atom. The Bertz CT molecular complexity index is 1090. The molecule has 0 saturated carbocycles. The van der Waals surface area contributed by atoms with Gasteiger partial charge < -0.3 is 9.84 Å². The number of aromatic nitrogens is 1. The Morgan fingerprint density at radius 3 is 2.17 bits per heavy atom. The van der Waals surface area contributed by atoms with Crippen LogP contribution in [0.5, 0.6) is 5.88 Å². The number of aryl methyl sites for hydroxylation is 2. The molecule has 3 rings (SSSR count). The lowest BCUT2D eigenvalue weighted by atomic mass is 9.94. The van der Waals surface area contributed by atoms with Crippen LogP contribution in [0.4, 0.5) is 13.2 Å². The first-order valence-electron chi connectivity index (χ1n) is 8.68. The summed E-state index contributed by atoms with van der Waals surface area (Å²) in [5.41, 5.74) is 3.24. The van der Waals surface area contributed by atoms with Crippen molar-refractivity contribution in [3.63, 3.8) is 0 Å². The maximum Gasteiger partial charge on any atom is 0.416 e. The first-order chi connectivity index (χ1) is 13.6. The number of ether oxygens (including phenoxy) is 1. The first-order valence-corrected chi connectivity index (χ1v) is 8.68. The van der Waals surface area contributed by atoms with Crippen molar-refractivity contribution >= 4 is 5.97 Å². The van der Waals surface area contributed by atoms with Gasteiger partial charge in [0.05, 0.1) is 18.2 Å². The Labute approximate surface area is 165 Å². The molecule has 0 unspecified atom stereocenters. The minimum absolute atomic E-state index is 0.173. The number of carboxylic acids is 1. The van der Waals surface area contributed by atoms with Crippen molar-refractivity contribution in [2.45, 2.75) is 20.0 Å². The molecule has 0 amide bonds. The zero-order valence-corrected chi connectivity index (χ0v) is 16.0. The van der Waals surface area contributed by atoms with Crippen LogP contribution in [0.25, 0.3) is 22.3 Å². The lowest BCUT2D eigenvalue weighted by molar-refractivity contribution is -0.137. The zero-order valence-electron chi connectivity index (χ0n) is 16.0. The molecule has 2 aromatic carbocycles. The van der Waals surface area contributed by atoms with Gasteiger partial charge >= 0.3 is 12.1 Å². The van der Waals surface area contributed by atoms with Crippen molar-refractivity contribution in [2.75, 3.05) is 7.11 Å². The number of halogens is 3. The normalized spacial score (nSPS) is 11.4. The van der Waals surface area contributed by atoms with Crippen LogP contribution in [0, 0.1) is 13.8 Å². The van der Waals surface area contributed by atoms with E-state index in [1.165, 1.54) is 19.2 Å². The van der Waals surface area contributed by atoms with Gasteiger partial charge in [-0.2, -0.15) is 13.2 Å². The van der Waals surface area contributed by atoms with Crippen LogP contribution in [-0.2, 0) is 6.18 Å². The summed E-state index contributed by atoms with van der Waals surface area (Å²) in [6.07, 6.45) is -2.83. The fraction of sp³-hybridized carbons (Fsp3) is 0.182. The minimum Gasteiger partial charge on any atom is -0.481 e. The zero-order chi connectivity index (χ0) is 21.3. The summed E-state index contributed by atoms with van der Waals surface area (Å²) in [5.74, 6) is -0.731. The summed E-state index contributed by atoms with van der Waals surface area (Å²) >= 11 is 0. The Hall–Kier alpha value is -3.35. The molecule has 1 N–H and O–H groups in total. The number of rotatable bonds is 4. The fourth-order valence-corrected chi connectivity index (χ4v) is 3.22. The van der Waals surface area contributed by atoms with Gasteiger partial charge in [0.2, 0.25) is 5.88 Å². The predicted molar refractivity (Wildman–Crippen MR) is 103 cm³/mol. The Balaban J connectivity index is 2.13. The number of carbonyl (C=O) groups is 1. The van der Waals surface area contributed by atoms with E-state index < -0.39 is 17.7 Å². The lowest BCUT2D eigenvalue weighted by Gasteiger charge is -2.15. The van der Waals surface area contributed by atoms with Gasteiger partial charge in [0.1, 0.15) is 0 Å². The van der Waals surface area contributed by atoms with Gasteiger partial charge in [0.25, 0.3) is 0 Å². The van der Waals surface area contributed by atoms with Crippen molar-refractivity contribution in [2.24, 2.45) is 0 Å². The molecule has 0 fully saturated rings. The van der Waals surface area contributed by atoms with Gasteiger partial charge in [0, 0.05) is 17.3 Å². The van der Waals surface area contributed by atoms with E-state index >= 15 is 0 Å². The molecule has 0 bridgehead atoms. The molecule has 7 heteroatoms. The van der Waals surface area contributed by atoms with Crippen LogP contribution in [-0.4, -0.2) is 23.2 Å². The largest absolute Gasteiger partial charge is 0.481 e. The van der Waals surface area contributed by atoms with Gasteiger partial charge in [-0.05, 0) is 66.4 Å². The van der Waals surface area contributed by atoms with Crippen molar-refractivity contribution in [3.05, 3.63) is 70.9 Å². The fourth-order valence-electron chi connectivity index (χ4n) is 3.22. The summed E-state index contributed by atoms with van der Waals surface area (Å²) in [4.78, 5) is 15.5. The number of nitrogens with zero attached hydrogens (tertiary/aromatic N) is 1. The van der Waals surface area contributed by atoms with Crippen LogP contribution in [0.1, 0.15) is 27.0 Å². The predicted octanol–water partition coefficient (Wildman–Crippen LogP) is 5.76. The van der Waals surface area contributed by atoms with E-state index in [2.05, 4.69) is 4.98 Å². The van der Waals surface area contributed by atoms with E-state index in [0.717, 1.165) is 23.3 Å². The van der Waals surface area contributed by atoms with Crippen molar-refractivity contribution in [1.29, 1.82) is 0 Å². The summed E-state index contributed by atoms with van der Waals surface area (Å²) < 4.78 is 44.3. The van der Waals surface area contributed by atoms with Gasteiger partial charge in [-0.15, -0.1) is 0 Å². The standard InChI is InChI=1S/C22H18F3NO3/c1-12-8-14(21(27)28)4-6-17(12)15-10-19(20(29-3)26-11-15)18-7-5-16(9-13(18)2)22(23,24)25/h4-11H,1-3H3,(H,27,28). The molecule has 150 valence electrons. The molecule has 0 aliphatic rings. The third-order valence-electron chi connectivity index (χ3n) is 4.67. The van der Waals surface area contributed by atoms with E-state index in [9.17, 15) is 18.0 Å². The highest BCUT2D eigenvalue weighted by Crippen LogP contribution is 2.38. The molecule has 1 heterocycles. The molecule has 1 aromatic heterocycles. The number of pyridine rings is 1. The van der Waals surface area contributed by atoms with Crippen molar-refractivity contribution < 1.29 is 27.8 Å². The summed E-state index contributed by atoms with van der Waals surface area (Å²) in [6.45, 7) is 3.39. The number of alkyl halides is 3. The van der Waals surface area contributed by atoms with Crippen molar-refractivity contribution in [1.82, 2.24) is 4.98 Å². The van der Waals surface area contributed by atoms with E-state index in [0.29, 0.717) is 22.3 Å². The molecular weight excluding hydrogens is 383 g/mol. The van der Waals surface area contributed by atoms with Gasteiger partial charge in [-0.1, -0.05) is 12.1 Å². The summed E-state index contributed by atoms with van der Waals surface area (Å²) in [6, 6.07) is 10.1. The van der Waals surface area contributed by atoms with Crippen LogP contribution >= 0.6 is 0 Å². The third-order valence-corrected chi connectivity index (χ3v) is 4.67. The molecule has 29 heavy (non-hydrogen) atoms. The quantitative estimate of drug-likeness (QED) is 0.604. The van der Waals surface area contributed by atoms with Crippen LogP contribution in [0.2, 0.25) is 0 Å². The SMILES string of the molecule is COc1ncc(-c2ccc(C(=O)O)cc2C)cc1-c1ccc(C(F)(F)F)cc1C. The maximum atomic E-state index is 13.0. The van der Waals surface area contributed by atoms with E-state index in [-0.39, 0.29) is 11.4 Å². The lowest BCUT2D eigenvalue weighted by Crippen LogP contribution is -2.05. The number of aromatic carboxylic acids is 1. The average molecular weight is 401 g/mol.